The topological polar surface area (TPSA) is 88.7 Å². The Morgan fingerprint density at radius 1 is 1.06 bits per heavy atom. The Morgan fingerprint density at radius 3 is 2.35 bits per heavy atom. The highest BCUT2D eigenvalue weighted by atomic mass is 16.5. The van der Waals surface area contributed by atoms with Gasteiger partial charge in [0.25, 0.3) is 0 Å². The number of hydrogen-bond donors (Lipinski definition) is 3. The number of aldehydes is 1. The summed E-state index contributed by atoms with van der Waals surface area (Å²) >= 11 is 0. The number of aromatic nitrogens is 2. The van der Waals surface area contributed by atoms with Crippen molar-refractivity contribution in [3.8, 4) is 0 Å². The molecule has 7 heteroatoms. The number of fused-ring (bicyclic) bond motifs is 6. The van der Waals surface area contributed by atoms with Crippen molar-refractivity contribution in [1.82, 2.24) is 14.5 Å². The van der Waals surface area contributed by atoms with Gasteiger partial charge in [-0.05, 0) is 31.7 Å². The van der Waals surface area contributed by atoms with Crippen LogP contribution in [0.2, 0.25) is 0 Å². The van der Waals surface area contributed by atoms with Gasteiger partial charge in [-0.15, -0.1) is 0 Å². The third-order valence-corrected chi connectivity index (χ3v) is 7.58. The van der Waals surface area contributed by atoms with E-state index in [-0.39, 0.29) is 6.54 Å². The predicted octanol–water partition coefficient (Wildman–Crippen LogP) is 3.49. The molecule has 0 bridgehead atoms. The van der Waals surface area contributed by atoms with Crippen molar-refractivity contribution >= 4 is 49.9 Å². The van der Waals surface area contributed by atoms with E-state index in [1.807, 2.05) is 71.6 Å². The van der Waals surface area contributed by atoms with Crippen molar-refractivity contribution < 1.29 is 19.7 Å². The van der Waals surface area contributed by atoms with Crippen LogP contribution in [0.15, 0.2) is 48.5 Å². The second-order valence-electron chi connectivity index (χ2n) is 9.24. The number of nitrogens with zero attached hydrogens (tertiary/aromatic N) is 2. The molecule has 1 aliphatic rings. The summed E-state index contributed by atoms with van der Waals surface area (Å²) < 4.78 is 10.0. The van der Waals surface area contributed by atoms with Gasteiger partial charge in [0.15, 0.2) is 12.0 Å². The lowest BCUT2D eigenvalue weighted by Crippen LogP contribution is -2.52. The largest absolute Gasteiger partial charge is 0.388 e. The first-order valence-corrected chi connectivity index (χ1v) is 11.5. The van der Waals surface area contributed by atoms with Crippen molar-refractivity contribution in [2.75, 3.05) is 14.2 Å². The zero-order chi connectivity index (χ0) is 23.8. The van der Waals surface area contributed by atoms with Crippen LogP contribution in [-0.2, 0) is 23.6 Å². The van der Waals surface area contributed by atoms with Crippen LogP contribution >= 0.6 is 0 Å². The second kappa shape index (κ2) is 7.38. The van der Waals surface area contributed by atoms with E-state index in [0.717, 1.165) is 55.5 Å². The van der Waals surface area contributed by atoms with Crippen molar-refractivity contribution in [3.63, 3.8) is 0 Å². The summed E-state index contributed by atoms with van der Waals surface area (Å²) in [6, 6.07) is 15.9. The van der Waals surface area contributed by atoms with Gasteiger partial charge >= 0.3 is 0 Å². The second-order valence-corrected chi connectivity index (χ2v) is 9.24. The van der Waals surface area contributed by atoms with Gasteiger partial charge in [0.05, 0.1) is 23.1 Å². The molecule has 3 aromatic carbocycles. The van der Waals surface area contributed by atoms with Gasteiger partial charge in [0, 0.05) is 46.3 Å². The minimum atomic E-state index is -1.24. The quantitative estimate of drug-likeness (QED) is 0.360. The van der Waals surface area contributed by atoms with Gasteiger partial charge in [-0.25, -0.2) is 0 Å². The molecule has 2 aromatic heterocycles. The summed E-state index contributed by atoms with van der Waals surface area (Å²) in [5.74, 6) is 0. The van der Waals surface area contributed by atoms with Gasteiger partial charge in [0.2, 0.25) is 0 Å². The molecular formula is C27H27N3O4. The van der Waals surface area contributed by atoms with Crippen molar-refractivity contribution in [1.29, 1.82) is 0 Å². The molecule has 0 radical (unpaired) electrons. The summed E-state index contributed by atoms with van der Waals surface area (Å²) in [5.41, 5.74) is 3.84. The monoisotopic (exact) mass is 457 g/mol. The number of aliphatic hydroxyl groups excluding tert-OH is 2. The predicted molar refractivity (Wildman–Crippen MR) is 133 cm³/mol. The molecule has 0 aliphatic carbocycles. The maximum atomic E-state index is 12.7. The molecule has 7 nitrogen and oxygen atoms in total. The van der Waals surface area contributed by atoms with E-state index >= 15 is 0 Å². The number of carbonyl (C=O) groups excluding carboxylic acids is 1. The van der Waals surface area contributed by atoms with E-state index in [1.54, 1.807) is 7.11 Å². The van der Waals surface area contributed by atoms with Gasteiger partial charge in [-0.2, -0.15) is 0 Å². The molecule has 5 aromatic rings. The van der Waals surface area contributed by atoms with Gasteiger partial charge in [-0.1, -0.05) is 36.4 Å². The average molecular weight is 458 g/mol. The van der Waals surface area contributed by atoms with Crippen LogP contribution in [0.1, 0.15) is 22.8 Å². The Kier molecular flexibility index (Phi) is 4.63. The zero-order valence-electron chi connectivity index (χ0n) is 19.4. The van der Waals surface area contributed by atoms with E-state index < -0.39 is 17.9 Å². The first kappa shape index (κ1) is 21.3. The van der Waals surface area contributed by atoms with Gasteiger partial charge in [0.1, 0.15) is 12.2 Å². The van der Waals surface area contributed by atoms with E-state index in [9.17, 15) is 15.0 Å². The van der Waals surface area contributed by atoms with Crippen molar-refractivity contribution in [2.45, 2.75) is 37.9 Å². The number of rotatable bonds is 4. The molecule has 0 saturated heterocycles. The molecule has 34 heavy (non-hydrogen) atoms. The molecule has 174 valence electrons. The van der Waals surface area contributed by atoms with E-state index in [2.05, 4.69) is 5.32 Å². The Balaban J connectivity index is 2.04. The zero-order valence-corrected chi connectivity index (χ0v) is 19.4. The minimum absolute atomic E-state index is 0.171. The summed E-state index contributed by atoms with van der Waals surface area (Å²) in [6.07, 6.45) is -1.34. The smallest absolute Gasteiger partial charge is 0.170 e. The third-order valence-electron chi connectivity index (χ3n) is 7.58. The molecular weight excluding hydrogens is 430 g/mol. The van der Waals surface area contributed by atoms with Crippen LogP contribution in [0.4, 0.5) is 0 Å². The van der Waals surface area contributed by atoms with E-state index in [4.69, 9.17) is 4.74 Å². The first-order chi connectivity index (χ1) is 16.5. The summed E-state index contributed by atoms with van der Waals surface area (Å²) in [4.78, 5) is 12.7. The molecule has 0 amide bonds. The number of para-hydroxylation sites is 2. The first-order valence-electron chi connectivity index (χ1n) is 11.5. The molecule has 3 heterocycles. The Morgan fingerprint density at radius 2 is 1.71 bits per heavy atom. The standard InChI is InChI=1S/C27H27N3O4/c1-27(34-3)26(33)21(32)13-29-19-10-6-4-8-15(19)23-18(14-31)17(12-28-2)22-16-9-5-7-11-20(16)30(27)25(22)24(23)29/h4-11,14,21,26,28,32-33H,12-13H2,1-3H3. The number of methoxy groups -OCH3 is 1. The molecule has 1 aliphatic heterocycles. The van der Waals surface area contributed by atoms with Crippen LogP contribution < -0.4 is 5.32 Å². The highest BCUT2D eigenvalue weighted by Gasteiger charge is 2.44. The number of ether oxygens (including phenoxy) is 1. The fourth-order valence-corrected chi connectivity index (χ4v) is 6.01. The van der Waals surface area contributed by atoms with Gasteiger partial charge < -0.3 is 29.4 Å². The highest BCUT2D eigenvalue weighted by molar-refractivity contribution is 6.28. The normalized spacial score (nSPS) is 22.7. The number of carbonyl (C=O) groups is 1. The number of nitrogens with one attached hydrogen (secondary N) is 1. The Bertz CT molecular complexity index is 1620. The van der Waals surface area contributed by atoms with Crippen LogP contribution in [-0.4, -0.2) is 52.0 Å². The molecule has 0 saturated carbocycles. The number of benzene rings is 3. The highest BCUT2D eigenvalue weighted by Crippen LogP contribution is 2.47. The number of hydrogen-bond acceptors (Lipinski definition) is 5. The van der Waals surface area contributed by atoms with E-state index in [0.29, 0.717) is 12.1 Å². The molecule has 3 unspecified atom stereocenters. The lowest BCUT2D eigenvalue weighted by atomic mass is 9.95. The fraction of sp³-hybridized carbons (Fsp3) is 0.296. The van der Waals surface area contributed by atoms with Crippen LogP contribution in [0.3, 0.4) is 0 Å². The maximum Gasteiger partial charge on any atom is 0.170 e. The SMILES string of the molecule is CNCc1c(C=O)c2c3ccccc3n3c2c2c1c1ccccc1n2C(C)(OC)C(O)C(O)C3. The summed E-state index contributed by atoms with van der Waals surface area (Å²) in [5, 5.41) is 29.6. The summed E-state index contributed by atoms with van der Waals surface area (Å²) in [6.45, 7) is 2.48. The molecule has 3 N–H and O–H groups in total. The van der Waals surface area contributed by atoms with Crippen LogP contribution in [0.5, 0.6) is 0 Å². The fourth-order valence-electron chi connectivity index (χ4n) is 6.01. The average Bonchev–Trinajstić information content (AvgIpc) is 3.37. The lowest BCUT2D eigenvalue weighted by molar-refractivity contribution is -0.179. The molecule has 0 fully saturated rings. The molecule has 6 rings (SSSR count). The van der Waals surface area contributed by atoms with Crippen molar-refractivity contribution in [2.24, 2.45) is 0 Å². The Labute approximate surface area is 196 Å². The van der Waals surface area contributed by atoms with E-state index in [1.165, 1.54) is 0 Å². The minimum Gasteiger partial charge on any atom is -0.388 e. The van der Waals surface area contributed by atoms with Gasteiger partial charge in [-0.3, -0.25) is 4.79 Å². The maximum absolute atomic E-state index is 12.7. The Hall–Kier alpha value is -3.23. The molecule has 3 atom stereocenters. The summed E-state index contributed by atoms with van der Waals surface area (Å²) in [7, 11) is 3.43. The van der Waals surface area contributed by atoms with Crippen molar-refractivity contribution in [3.05, 3.63) is 59.7 Å². The third kappa shape index (κ3) is 2.47. The van der Waals surface area contributed by atoms with Crippen LogP contribution in [0.25, 0.3) is 43.6 Å². The number of aliphatic hydroxyl groups is 2. The lowest BCUT2D eigenvalue weighted by Gasteiger charge is -2.40. The molecule has 0 spiro atoms. The van der Waals surface area contributed by atoms with Crippen LogP contribution in [0, 0.1) is 0 Å².